The number of aliphatic carboxylic acids is 1. The first-order valence-electron chi connectivity index (χ1n) is 5.90. The molecule has 0 fully saturated rings. The summed E-state index contributed by atoms with van der Waals surface area (Å²) in [5.41, 5.74) is 8.34. The van der Waals surface area contributed by atoms with Crippen molar-refractivity contribution in [2.45, 2.75) is 6.04 Å². The molecule has 0 saturated heterocycles. The van der Waals surface area contributed by atoms with Gasteiger partial charge in [-0.15, -0.1) is 0 Å². The lowest BCUT2D eigenvalue weighted by Crippen LogP contribution is -2.20. The van der Waals surface area contributed by atoms with Crippen LogP contribution in [0, 0.1) is 0 Å². The molecule has 0 radical (unpaired) electrons. The molecule has 96 valence electrons. The summed E-state index contributed by atoms with van der Waals surface area (Å²) in [5, 5.41) is 11.0. The van der Waals surface area contributed by atoms with Gasteiger partial charge in [0, 0.05) is 35.7 Å². The van der Waals surface area contributed by atoms with E-state index < -0.39 is 12.0 Å². The molecule has 2 aromatic heterocycles. The first-order chi connectivity index (χ1) is 9.09. The molecule has 3 rings (SSSR count). The molecule has 0 spiro atoms. The molecular formula is C14H13N3O2. The molecule has 3 aromatic rings. The summed E-state index contributed by atoms with van der Waals surface area (Å²) in [5.74, 6) is -1.03. The average molecular weight is 255 g/mol. The van der Waals surface area contributed by atoms with E-state index in [0.717, 1.165) is 21.8 Å². The molecule has 2 heterocycles. The zero-order valence-electron chi connectivity index (χ0n) is 10.4. The second-order valence-electron chi connectivity index (χ2n) is 4.54. The Morgan fingerprint density at radius 3 is 2.79 bits per heavy atom. The van der Waals surface area contributed by atoms with Crippen molar-refractivity contribution in [3.8, 4) is 0 Å². The molecule has 19 heavy (non-hydrogen) atoms. The van der Waals surface area contributed by atoms with Crippen molar-refractivity contribution in [3.05, 3.63) is 42.2 Å². The van der Waals surface area contributed by atoms with Crippen LogP contribution >= 0.6 is 0 Å². The van der Waals surface area contributed by atoms with Gasteiger partial charge in [0.15, 0.2) is 0 Å². The standard InChI is InChI=1S/C14H13N3O2/c1-17-11-3-2-8(13(15)14(18)19)6-9(11)10-7-16-5-4-12(10)17/h2-7,13H,15H2,1H3,(H,18,19). The summed E-state index contributed by atoms with van der Waals surface area (Å²) in [6.07, 6.45) is 3.53. The van der Waals surface area contributed by atoms with Crippen molar-refractivity contribution in [1.29, 1.82) is 0 Å². The zero-order valence-corrected chi connectivity index (χ0v) is 10.4. The molecule has 0 aliphatic heterocycles. The molecule has 0 aliphatic rings. The van der Waals surface area contributed by atoms with E-state index in [2.05, 4.69) is 9.55 Å². The fourth-order valence-electron chi connectivity index (χ4n) is 2.41. The minimum atomic E-state index is -1.03. The fourth-order valence-corrected chi connectivity index (χ4v) is 2.41. The number of hydrogen-bond acceptors (Lipinski definition) is 3. The molecule has 1 unspecified atom stereocenters. The highest BCUT2D eigenvalue weighted by Gasteiger charge is 2.16. The van der Waals surface area contributed by atoms with Gasteiger partial charge in [0.05, 0.1) is 5.52 Å². The van der Waals surface area contributed by atoms with Gasteiger partial charge in [-0.3, -0.25) is 9.78 Å². The van der Waals surface area contributed by atoms with Gasteiger partial charge in [-0.2, -0.15) is 0 Å². The van der Waals surface area contributed by atoms with Gasteiger partial charge in [0.25, 0.3) is 0 Å². The summed E-state index contributed by atoms with van der Waals surface area (Å²) in [7, 11) is 1.97. The lowest BCUT2D eigenvalue weighted by atomic mass is 10.0. The molecule has 0 saturated carbocycles. The summed E-state index contributed by atoms with van der Waals surface area (Å²) in [6, 6.07) is 6.42. The number of aromatic nitrogens is 2. The van der Waals surface area contributed by atoms with E-state index >= 15 is 0 Å². The molecule has 1 aromatic carbocycles. The Morgan fingerprint density at radius 2 is 2.05 bits per heavy atom. The summed E-state index contributed by atoms with van der Waals surface area (Å²) < 4.78 is 2.06. The van der Waals surface area contributed by atoms with Crippen molar-refractivity contribution < 1.29 is 9.90 Å². The van der Waals surface area contributed by atoms with E-state index in [1.165, 1.54) is 0 Å². The number of benzene rings is 1. The predicted molar refractivity (Wildman–Crippen MR) is 72.8 cm³/mol. The Kier molecular flexibility index (Phi) is 2.50. The second-order valence-corrected chi connectivity index (χ2v) is 4.54. The highest BCUT2D eigenvalue weighted by Crippen LogP contribution is 2.29. The number of hydrogen-bond donors (Lipinski definition) is 2. The van der Waals surface area contributed by atoms with Crippen molar-refractivity contribution in [2.75, 3.05) is 0 Å². The third-order valence-electron chi connectivity index (χ3n) is 3.46. The van der Waals surface area contributed by atoms with Gasteiger partial charge in [-0.1, -0.05) is 6.07 Å². The number of carbonyl (C=O) groups is 1. The van der Waals surface area contributed by atoms with E-state index in [-0.39, 0.29) is 0 Å². The molecule has 5 nitrogen and oxygen atoms in total. The molecular weight excluding hydrogens is 242 g/mol. The number of nitrogens with two attached hydrogens (primary N) is 1. The highest BCUT2D eigenvalue weighted by molar-refractivity contribution is 6.08. The van der Waals surface area contributed by atoms with Crippen LogP contribution < -0.4 is 5.73 Å². The minimum Gasteiger partial charge on any atom is -0.480 e. The van der Waals surface area contributed by atoms with Crippen LogP contribution in [0.3, 0.4) is 0 Å². The lowest BCUT2D eigenvalue weighted by molar-refractivity contribution is -0.138. The Hall–Kier alpha value is -2.40. The largest absolute Gasteiger partial charge is 0.480 e. The van der Waals surface area contributed by atoms with Crippen molar-refractivity contribution in [3.63, 3.8) is 0 Å². The predicted octanol–water partition coefficient (Wildman–Crippen LogP) is 1.81. The SMILES string of the molecule is Cn1c2ccncc2c2cc(C(N)C(=O)O)ccc21. The fraction of sp³-hybridized carbons (Fsp3) is 0.143. The molecule has 0 aliphatic carbocycles. The molecule has 3 N–H and O–H groups in total. The minimum absolute atomic E-state index is 0.594. The number of nitrogens with zero attached hydrogens (tertiary/aromatic N) is 2. The maximum absolute atomic E-state index is 11.0. The number of carboxylic acid groups (broad SMARTS) is 1. The number of carboxylic acids is 1. The number of aryl methyl sites for hydroxylation is 1. The van der Waals surface area contributed by atoms with Gasteiger partial charge in [0.2, 0.25) is 0 Å². The third-order valence-corrected chi connectivity index (χ3v) is 3.46. The Balaban J connectivity index is 2.34. The first-order valence-corrected chi connectivity index (χ1v) is 5.90. The van der Waals surface area contributed by atoms with Crippen LogP contribution in [0.4, 0.5) is 0 Å². The van der Waals surface area contributed by atoms with E-state index in [4.69, 9.17) is 10.8 Å². The highest BCUT2D eigenvalue weighted by atomic mass is 16.4. The van der Waals surface area contributed by atoms with Crippen LogP contribution in [0.2, 0.25) is 0 Å². The second kappa shape index (κ2) is 4.07. The van der Waals surface area contributed by atoms with Crippen LogP contribution in [0.1, 0.15) is 11.6 Å². The quantitative estimate of drug-likeness (QED) is 0.731. The third kappa shape index (κ3) is 1.67. The summed E-state index contributed by atoms with van der Waals surface area (Å²) in [4.78, 5) is 15.1. The number of fused-ring (bicyclic) bond motifs is 3. The Bertz CT molecular complexity index is 792. The zero-order chi connectivity index (χ0) is 13.6. The monoisotopic (exact) mass is 255 g/mol. The van der Waals surface area contributed by atoms with Crippen LogP contribution in [0.15, 0.2) is 36.7 Å². The van der Waals surface area contributed by atoms with Crippen LogP contribution in [0.5, 0.6) is 0 Å². The summed E-state index contributed by atoms with van der Waals surface area (Å²) >= 11 is 0. The van der Waals surface area contributed by atoms with Crippen LogP contribution in [0.25, 0.3) is 21.8 Å². The topological polar surface area (TPSA) is 81.1 Å². The smallest absolute Gasteiger partial charge is 0.325 e. The van der Waals surface area contributed by atoms with Gasteiger partial charge >= 0.3 is 5.97 Å². The van der Waals surface area contributed by atoms with E-state index in [1.54, 1.807) is 18.5 Å². The maximum Gasteiger partial charge on any atom is 0.325 e. The van der Waals surface area contributed by atoms with E-state index in [1.807, 2.05) is 25.2 Å². The van der Waals surface area contributed by atoms with Crippen LogP contribution in [-0.4, -0.2) is 20.6 Å². The first kappa shape index (κ1) is 11.7. The molecule has 0 amide bonds. The van der Waals surface area contributed by atoms with Gasteiger partial charge < -0.3 is 15.4 Å². The maximum atomic E-state index is 11.0. The van der Waals surface area contributed by atoms with E-state index in [0.29, 0.717) is 5.56 Å². The Morgan fingerprint density at radius 1 is 1.32 bits per heavy atom. The normalized spacial score (nSPS) is 12.9. The van der Waals surface area contributed by atoms with Crippen molar-refractivity contribution in [2.24, 2.45) is 12.8 Å². The number of pyridine rings is 1. The average Bonchev–Trinajstić information content (AvgIpc) is 2.72. The van der Waals surface area contributed by atoms with E-state index in [9.17, 15) is 4.79 Å². The Labute approximate surface area is 109 Å². The van der Waals surface area contributed by atoms with Gasteiger partial charge in [-0.05, 0) is 23.8 Å². The lowest BCUT2D eigenvalue weighted by Gasteiger charge is -2.07. The van der Waals surface area contributed by atoms with Crippen molar-refractivity contribution in [1.82, 2.24) is 9.55 Å². The molecule has 5 heteroatoms. The van der Waals surface area contributed by atoms with Gasteiger partial charge in [-0.25, -0.2) is 0 Å². The van der Waals surface area contributed by atoms with Crippen molar-refractivity contribution >= 4 is 27.8 Å². The van der Waals surface area contributed by atoms with Crippen LogP contribution in [-0.2, 0) is 11.8 Å². The number of rotatable bonds is 2. The van der Waals surface area contributed by atoms with Gasteiger partial charge in [0.1, 0.15) is 6.04 Å². The molecule has 0 bridgehead atoms. The molecule has 1 atom stereocenters. The summed E-state index contributed by atoms with van der Waals surface area (Å²) in [6.45, 7) is 0.